The molecule has 0 aromatic carbocycles. The van der Waals surface area contributed by atoms with Crippen molar-refractivity contribution in [2.75, 3.05) is 26.4 Å². The van der Waals surface area contributed by atoms with Gasteiger partial charge in [-0.2, -0.15) is 0 Å². The van der Waals surface area contributed by atoms with E-state index < -0.39 is 124 Å². The van der Waals surface area contributed by atoms with Gasteiger partial charge in [0.1, 0.15) is 73.2 Å². The highest BCUT2D eigenvalue weighted by molar-refractivity contribution is 5.76. The molecule has 3 rings (SSSR count). The zero-order valence-electron chi connectivity index (χ0n) is 60.8. The molecule has 19 nitrogen and oxygen atoms in total. The number of hydrogen-bond donors (Lipinski definition) is 12. The summed E-state index contributed by atoms with van der Waals surface area (Å²) in [7, 11) is 0. The fraction of sp³-hybridized carbons (Fsp3) is 0.910. The van der Waals surface area contributed by atoms with Gasteiger partial charge >= 0.3 is 0 Å². The molecule has 0 aliphatic carbocycles. The summed E-state index contributed by atoms with van der Waals surface area (Å²) in [5, 5.41) is 121. The van der Waals surface area contributed by atoms with Crippen LogP contribution >= 0.6 is 0 Å². The van der Waals surface area contributed by atoms with Gasteiger partial charge < -0.3 is 89.9 Å². The Bertz CT molecular complexity index is 1900. The van der Waals surface area contributed by atoms with Crippen molar-refractivity contribution in [3.05, 3.63) is 36.5 Å². The van der Waals surface area contributed by atoms with E-state index in [4.69, 9.17) is 28.4 Å². The highest BCUT2D eigenvalue weighted by Crippen LogP contribution is 2.33. The number of carbonyl (C=O) groups excluding carboxylic acids is 1. The van der Waals surface area contributed by atoms with Crippen LogP contribution in [0.1, 0.15) is 322 Å². The molecule has 3 fully saturated rings. The number of aliphatic hydroxyl groups is 11. The number of amides is 1. The number of carbonyl (C=O) groups is 1. The van der Waals surface area contributed by atoms with Crippen molar-refractivity contribution >= 4 is 5.91 Å². The van der Waals surface area contributed by atoms with Crippen LogP contribution in [0.2, 0.25) is 0 Å². The topological polar surface area (TPSA) is 307 Å². The number of hydrogen-bond acceptors (Lipinski definition) is 18. The van der Waals surface area contributed by atoms with E-state index in [2.05, 4.69) is 43.5 Å². The molecule has 3 saturated heterocycles. The molecule has 3 aliphatic heterocycles. The van der Waals surface area contributed by atoms with E-state index in [9.17, 15) is 61.0 Å². The number of nitrogens with one attached hydrogen (secondary N) is 1. The molecule has 0 bridgehead atoms. The van der Waals surface area contributed by atoms with E-state index in [1.807, 2.05) is 6.08 Å². The van der Waals surface area contributed by atoms with Crippen LogP contribution in [0.3, 0.4) is 0 Å². The Kier molecular flexibility index (Phi) is 54.6. The van der Waals surface area contributed by atoms with Crippen LogP contribution in [-0.2, 0) is 33.2 Å². The van der Waals surface area contributed by atoms with E-state index in [0.29, 0.717) is 12.8 Å². The van der Waals surface area contributed by atoms with Gasteiger partial charge in [0.05, 0.1) is 38.6 Å². The summed E-state index contributed by atoms with van der Waals surface area (Å²) in [6.07, 6.45) is 45.7. The van der Waals surface area contributed by atoms with Crippen molar-refractivity contribution in [1.29, 1.82) is 0 Å². The fourth-order valence-corrected chi connectivity index (χ4v) is 13.5. The Morgan fingerprint density at radius 2 is 0.660 bits per heavy atom. The summed E-state index contributed by atoms with van der Waals surface area (Å²) < 4.78 is 34.4. The summed E-state index contributed by atoms with van der Waals surface area (Å²) >= 11 is 0. The van der Waals surface area contributed by atoms with Gasteiger partial charge in [-0.1, -0.05) is 307 Å². The standard InChI is InChI=1S/C78H145NO18/c1-3-5-7-9-11-13-15-17-19-21-23-25-27-29-30-31-32-34-36-38-40-42-44-46-48-50-52-54-56-66(84)79-61(62(83)55-53-51-49-47-45-43-41-39-37-35-33-28-26-24-22-20-18-16-14-12-10-8-6-4-2)60-92-76-72(90)69(87)74(64(58-81)94-76)97-78-73(91)70(88)75(65(59-82)95-78)96-77-71(89)68(86)67(85)63(57-80)93-77/h37,39,45,47,53,55,61-65,67-78,80-83,85-91H,3-36,38,40-44,46,48-52,54,56-60H2,1-2H3,(H,79,84)/b39-37+,47-45+,55-53+. The molecule has 19 heteroatoms. The summed E-state index contributed by atoms with van der Waals surface area (Å²) in [6, 6.07) is -0.996. The summed E-state index contributed by atoms with van der Waals surface area (Å²) in [6.45, 7) is 1.76. The lowest BCUT2D eigenvalue weighted by Crippen LogP contribution is -2.66. The molecule has 17 atom stereocenters. The van der Waals surface area contributed by atoms with Crippen molar-refractivity contribution in [2.24, 2.45) is 0 Å². The second-order valence-corrected chi connectivity index (χ2v) is 28.5. The molecular weight excluding hydrogens is 1240 g/mol. The normalized spacial score (nSPS) is 27.0. The van der Waals surface area contributed by atoms with Crippen LogP contribution in [0.4, 0.5) is 0 Å². The first-order chi connectivity index (χ1) is 47.3. The zero-order valence-corrected chi connectivity index (χ0v) is 60.8. The molecule has 3 heterocycles. The van der Waals surface area contributed by atoms with Crippen molar-refractivity contribution in [3.63, 3.8) is 0 Å². The molecule has 0 aromatic rings. The van der Waals surface area contributed by atoms with Crippen molar-refractivity contribution in [1.82, 2.24) is 5.32 Å². The minimum absolute atomic E-state index is 0.236. The minimum Gasteiger partial charge on any atom is -0.394 e. The molecule has 97 heavy (non-hydrogen) atoms. The molecule has 12 N–H and O–H groups in total. The van der Waals surface area contributed by atoms with Gasteiger partial charge in [0.2, 0.25) is 5.91 Å². The monoisotopic (exact) mass is 1380 g/mol. The first kappa shape index (κ1) is 89.2. The first-order valence-electron chi connectivity index (χ1n) is 39.7. The number of rotatable bonds is 63. The molecule has 17 unspecified atom stereocenters. The van der Waals surface area contributed by atoms with Gasteiger partial charge in [0, 0.05) is 6.42 Å². The average Bonchev–Trinajstić information content (AvgIpc) is 0.826. The quantitative estimate of drug-likeness (QED) is 0.0199. The predicted molar refractivity (Wildman–Crippen MR) is 383 cm³/mol. The number of ether oxygens (including phenoxy) is 6. The van der Waals surface area contributed by atoms with E-state index in [0.717, 1.165) is 44.9 Å². The number of aliphatic hydroxyl groups excluding tert-OH is 11. The lowest BCUT2D eigenvalue weighted by atomic mass is 9.96. The van der Waals surface area contributed by atoms with Gasteiger partial charge in [-0.3, -0.25) is 4.79 Å². The Morgan fingerprint density at radius 1 is 0.361 bits per heavy atom. The largest absolute Gasteiger partial charge is 0.394 e. The molecule has 0 saturated carbocycles. The Morgan fingerprint density at radius 3 is 1.03 bits per heavy atom. The van der Waals surface area contributed by atoms with Crippen LogP contribution in [0.25, 0.3) is 0 Å². The molecule has 0 spiro atoms. The van der Waals surface area contributed by atoms with Crippen molar-refractivity contribution in [2.45, 2.75) is 426 Å². The molecule has 0 aromatic heterocycles. The lowest BCUT2D eigenvalue weighted by molar-refractivity contribution is -0.379. The number of allylic oxidation sites excluding steroid dienone is 5. The van der Waals surface area contributed by atoms with Crippen LogP contribution in [-0.4, -0.2) is 193 Å². The Labute approximate surface area is 587 Å². The van der Waals surface area contributed by atoms with Gasteiger partial charge in [0.25, 0.3) is 0 Å². The highest BCUT2D eigenvalue weighted by Gasteiger charge is 2.53. The van der Waals surface area contributed by atoms with Gasteiger partial charge in [-0.25, -0.2) is 0 Å². The number of unbranched alkanes of at least 4 members (excludes halogenated alkanes) is 43. The summed E-state index contributed by atoms with van der Waals surface area (Å²) in [5.41, 5.74) is 0. The third kappa shape index (κ3) is 40.0. The second kappa shape index (κ2) is 59.4. The lowest BCUT2D eigenvalue weighted by Gasteiger charge is -2.48. The molecule has 570 valence electrons. The summed E-state index contributed by atoms with van der Waals surface area (Å²) in [4.78, 5) is 13.5. The predicted octanol–water partition coefficient (Wildman–Crippen LogP) is 12.7. The van der Waals surface area contributed by atoms with Crippen LogP contribution in [0, 0.1) is 0 Å². The van der Waals surface area contributed by atoms with Crippen LogP contribution < -0.4 is 5.32 Å². The second-order valence-electron chi connectivity index (χ2n) is 28.5. The van der Waals surface area contributed by atoms with E-state index in [-0.39, 0.29) is 18.9 Å². The third-order valence-corrected chi connectivity index (χ3v) is 19.9. The Hall–Kier alpha value is -1.99. The first-order valence-corrected chi connectivity index (χ1v) is 39.7. The Balaban J connectivity index is 1.40. The van der Waals surface area contributed by atoms with Gasteiger partial charge in [-0.05, 0) is 44.9 Å². The molecule has 1 amide bonds. The maximum Gasteiger partial charge on any atom is 0.220 e. The molecule has 3 aliphatic rings. The minimum atomic E-state index is -1.98. The zero-order chi connectivity index (χ0) is 70.4. The maximum atomic E-state index is 13.5. The molecular formula is C78H145NO18. The summed E-state index contributed by atoms with van der Waals surface area (Å²) in [5.74, 6) is -0.283. The third-order valence-electron chi connectivity index (χ3n) is 19.9. The highest BCUT2D eigenvalue weighted by atomic mass is 16.8. The maximum absolute atomic E-state index is 13.5. The average molecular weight is 1390 g/mol. The van der Waals surface area contributed by atoms with Crippen LogP contribution in [0.5, 0.6) is 0 Å². The fourth-order valence-electron chi connectivity index (χ4n) is 13.5. The SMILES string of the molecule is CCCCCCCCCCCCCCCC/C=C/CC/C=C/CC/C=C/C(O)C(COC1OC(CO)C(OC2OC(CO)C(OC3OC(CO)C(O)C(O)C3O)C(O)C2O)C(O)C1O)NC(=O)CCCCCCCCCCCCCCCCCCCCCCCCCCCCCC. The van der Waals surface area contributed by atoms with Gasteiger partial charge in [0.15, 0.2) is 18.9 Å². The van der Waals surface area contributed by atoms with E-state index >= 15 is 0 Å². The van der Waals surface area contributed by atoms with Crippen molar-refractivity contribution < 1.29 is 89.4 Å². The van der Waals surface area contributed by atoms with Crippen molar-refractivity contribution in [3.8, 4) is 0 Å². The van der Waals surface area contributed by atoms with Gasteiger partial charge in [-0.15, -0.1) is 0 Å². The van der Waals surface area contributed by atoms with E-state index in [1.165, 1.54) is 244 Å². The van der Waals surface area contributed by atoms with E-state index in [1.54, 1.807) is 6.08 Å². The smallest absolute Gasteiger partial charge is 0.220 e. The van der Waals surface area contributed by atoms with Crippen LogP contribution in [0.15, 0.2) is 36.5 Å². The molecule has 0 radical (unpaired) electrons.